The van der Waals surface area contributed by atoms with Crippen LogP contribution in [0.15, 0.2) is 212 Å². The van der Waals surface area contributed by atoms with Crippen LogP contribution in [0, 0.1) is 5.41 Å². The maximum absolute atomic E-state index is 8.89. The molecule has 4 nitrogen and oxygen atoms in total. The van der Waals surface area contributed by atoms with Crippen LogP contribution in [-0.4, -0.2) is 16.4 Å². The van der Waals surface area contributed by atoms with Crippen LogP contribution in [0.3, 0.4) is 0 Å². The van der Waals surface area contributed by atoms with Gasteiger partial charge in [0.15, 0.2) is 0 Å². The summed E-state index contributed by atoms with van der Waals surface area (Å²) in [5, 5.41) is 25.6. The van der Waals surface area contributed by atoms with Crippen LogP contribution in [0.4, 0.5) is 5.69 Å². The van der Waals surface area contributed by atoms with Gasteiger partial charge in [-0.25, -0.2) is 0 Å². The summed E-state index contributed by atoms with van der Waals surface area (Å²) in [7, 11) is 0. The average molecular weight is 753 g/mol. The van der Waals surface area contributed by atoms with E-state index < -0.39 is 0 Å². The molecule has 0 bridgehead atoms. The number of rotatable bonds is 6. The molecule has 1 aliphatic carbocycles. The third-order valence-corrected chi connectivity index (χ3v) is 11.6. The zero-order valence-electron chi connectivity index (χ0n) is 32.0. The number of allylic oxidation sites excluding steroid dienone is 4. The van der Waals surface area contributed by atoms with E-state index in [1.807, 2.05) is 30.6 Å². The molecule has 11 rings (SSSR count). The van der Waals surface area contributed by atoms with E-state index in [0.717, 1.165) is 38.7 Å². The predicted molar refractivity (Wildman–Crippen MR) is 250 cm³/mol. The molecule has 0 spiro atoms. The van der Waals surface area contributed by atoms with E-state index in [-0.39, 0.29) is 0 Å². The van der Waals surface area contributed by atoms with E-state index in [9.17, 15) is 0 Å². The second-order valence-electron chi connectivity index (χ2n) is 15.0. The van der Waals surface area contributed by atoms with Crippen molar-refractivity contribution in [3.8, 4) is 33.4 Å². The van der Waals surface area contributed by atoms with Crippen molar-refractivity contribution in [3.63, 3.8) is 0 Å². The van der Waals surface area contributed by atoms with Crippen LogP contribution in [0.25, 0.3) is 92.8 Å². The second-order valence-corrected chi connectivity index (χ2v) is 15.0. The van der Waals surface area contributed by atoms with Crippen molar-refractivity contribution in [1.82, 2.24) is 4.98 Å². The Morgan fingerprint density at radius 1 is 0.424 bits per heavy atom. The SMILES string of the molecule is N=C1C=CC(c2c3ccccc3c(-c3cccc4ccccc34)c3ccccc23)=C/C1=N/Nc1ccc(-c2c3ccccc3c(-c3cccnc3)c3ccccc23)cc1. The quantitative estimate of drug-likeness (QED) is 0.101. The third-order valence-electron chi connectivity index (χ3n) is 11.6. The van der Waals surface area contributed by atoms with E-state index in [0.29, 0.717) is 11.4 Å². The van der Waals surface area contributed by atoms with Crippen LogP contribution in [-0.2, 0) is 0 Å². The van der Waals surface area contributed by atoms with Gasteiger partial charge in [0.1, 0.15) is 5.71 Å². The van der Waals surface area contributed by atoms with E-state index in [1.165, 1.54) is 65.3 Å². The molecule has 0 saturated heterocycles. The minimum Gasteiger partial charge on any atom is -0.299 e. The van der Waals surface area contributed by atoms with Gasteiger partial charge in [0.25, 0.3) is 0 Å². The number of nitrogens with one attached hydrogen (secondary N) is 2. The van der Waals surface area contributed by atoms with Gasteiger partial charge in [-0.3, -0.25) is 15.8 Å². The Labute approximate surface area is 341 Å². The number of pyridine rings is 1. The summed E-state index contributed by atoms with van der Waals surface area (Å²) >= 11 is 0. The lowest BCUT2D eigenvalue weighted by molar-refractivity contribution is 1.33. The lowest BCUT2D eigenvalue weighted by Gasteiger charge is -2.20. The number of anilines is 1. The Bertz CT molecular complexity index is 3290. The second kappa shape index (κ2) is 14.2. The fraction of sp³-hybridized carbons (Fsp3) is 0. The van der Waals surface area contributed by atoms with E-state index in [4.69, 9.17) is 10.5 Å². The third kappa shape index (κ3) is 5.81. The van der Waals surface area contributed by atoms with Crippen LogP contribution >= 0.6 is 0 Å². The molecule has 9 aromatic carbocycles. The predicted octanol–water partition coefficient (Wildman–Crippen LogP) is 14.3. The normalized spacial score (nSPS) is 13.5. The number of hydrogen-bond acceptors (Lipinski definition) is 4. The molecule has 4 heteroatoms. The first-order chi connectivity index (χ1) is 29.2. The summed E-state index contributed by atoms with van der Waals surface area (Å²) in [4.78, 5) is 4.45. The molecule has 0 unspecified atom stereocenters. The molecular formula is C55H36N4. The first-order valence-electron chi connectivity index (χ1n) is 19.9. The first-order valence-corrected chi connectivity index (χ1v) is 19.9. The highest BCUT2D eigenvalue weighted by Gasteiger charge is 2.21. The molecule has 276 valence electrons. The van der Waals surface area contributed by atoms with Crippen LogP contribution < -0.4 is 5.43 Å². The van der Waals surface area contributed by atoms with Crippen molar-refractivity contribution >= 4 is 76.5 Å². The molecule has 1 aliphatic rings. The van der Waals surface area contributed by atoms with Gasteiger partial charge in [-0.1, -0.05) is 164 Å². The Balaban J connectivity index is 0.981. The standard InChI is InChI=1S/C55H36N4/c56-50-31-28-37(53-46-21-7-9-23-48(46)55(49-24-10-8-22-47(49)53)41-25-11-14-35-13-1-2-16-40(35)41)33-51(50)59-58-39-29-26-36(27-30-39)52-42-17-3-5-19-44(42)54(38-15-12-32-57-34-38)45-20-6-4-18-43(45)52/h1-34,56,58H/b56-50?,59-51-. The lowest BCUT2D eigenvalue weighted by atomic mass is 9.83. The zero-order chi connectivity index (χ0) is 39.3. The van der Waals surface area contributed by atoms with Gasteiger partial charge in [-0.2, -0.15) is 5.10 Å². The van der Waals surface area contributed by atoms with Gasteiger partial charge in [-0.15, -0.1) is 0 Å². The minimum atomic E-state index is 0.352. The van der Waals surface area contributed by atoms with Crippen molar-refractivity contribution in [2.24, 2.45) is 5.10 Å². The smallest absolute Gasteiger partial charge is 0.109 e. The molecule has 1 heterocycles. The first kappa shape index (κ1) is 34.3. The van der Waals surface area contributed by atoms with Gasteiger partial charge in [-0.05, 0) is 123 Å². The Kier molecular flexibility index (Phi) is 8.26. The molecule has 0 radical (unpaired) electrons. The van der Waals surface area contributed by atoms with E-state index in [1.54, 1.807) is 0 Å². The molecule has 10 aromatic rings. The summed E-state index contributed by atoms with van der Waals surface area (Å²) < 4.78 is 0. The molecule has 1 aromatic heterocycles. The van der Waals surface area contributed by atoms with Crippen LogP contribution in [0.1, 0.15) is 5.56 Å². The highest BCUT2D eigenvalue weighted by molar-refractivity contribution is 6.52. The molecule has 2 N–H and O–H groups in total. The molecule has 59 heavy (non-hydrogen) atoms. The molecule has 0 aliphatic heterocycles. The Morgan fingerprint density at radius 3 is 1.51 bits per heavy atom. The molecular weight excluding hydrogens is 717 g/mol. The summed E-state index contributed by atoms with van der Waals surface area (Å²) in [5.41, 5.74) is 14.3. The largest absolute Gasteiger partial charge is 0.299 e. The molecule has 0 atom stereocenters. The molecule has 0 fully saturated rings. The van der Waals surface area contributed by atoms with Gasteiger partial charge < -0.3 is 0 Å². The minimum absolute atomic E-state index is 0.352. The summed E-state index contributed by atoms with van der Waals surface area (Å²) in [5.74, 6) is 0. The molecule has 0 amide bonds. The summed E-state index contributed by atoms with van der Waals surface area (Å²) in [6.07, 6.45) is 9.71. The van der Waals surface area contributed by atoms with E-state index in [2.05, 4.69) is 186 Å². The monoisotopic (exact) mass is 752 g/mol. The number of hydrogen-bond donors (Lipinski definition) is 2. The topological polar surface area (TPSA) is 61.1 Å². The number of aromatic nitrogens is 1. The van der Waals surface area contributed by atoms with Gasteiger partial charge in [0, 0.05) is 18.0 Å². The fourth-order valence-electron chi connectivity index (χ4n) is 9.05. The van der Waals surface area contributed by atoms with Crippen molar-refractivity contribution in [2.45, 2.75) is 0 Å². The van der Waals surface area contributed by atoms with Crippen LogP contribution in [0.5, 0.6) is 0 Å². The fourth-order valence-corrected chi connectivity index (χ4v) is 9.05. The highest BCUT2D eigenvalue weighted by atomic mass is 15.3. The number of nitrogens with zero attached hydrogens (tertiary/aromatic N) is 2. The van der Waals surface area contributed by atoms with Gasteiger partial charge in [0.2, 0.25) is 0 Å². The van der Waals surface area contributed by atoms with Gasteiger partial charge in [0.05, 0.1) is 11.4 Å². The van der Waals surface area contributed by atoms with Crippen molar-refractivity contribution in [2.75, 3.05) is 5.43 Å². The van der Waals surface area contributed by atoms with Crippen molar-refractivity contribution in [3.05, 3.63) is 212 Å². The Hall–Kier alpha value is -7.95. The zero-order valence-corrected chi connectivity index (χ0v) is 32.0. The van der Waals surface area contributed by atoms with E-state index >= 15 is 0 Å². The van der Waals surface area contributed by atoms with Gasteiger partial charge >= 0.3 is 0 Å². The highest BCUT2D eigenvalue weighted by Crippen LogP contribution is 2.45. The maximum Gasteiger partial charge on any atom is 0.109 e. The summed E-state index contributed by atoms with van der Waals surface area (Å²) in [6, 6.07) is 62.4. The number of hydrazone groups is 1. The van der Waals surface area contributed by atoms with Crippen molar-refractivity contribution in [1.29, 1.82) is 5.41 Å². The maximum atomic E-state index is 8.89. The number of fused-ring (bicyclic) bond motifs is 5. The lowest BCUT2D eigenvalue weighted by Crippen LogP contribution is -2.14. The van der Waals surface area contributed by atoms with Crippen LogP contribution in [0.2, 0.25) is 0 Å². The summed E-state index contributed by atoms with van der Waals surface area (Å²) in [6.45, 7) is 0. The van der Waals surface area contributed by atoms with Crippen molar-refractivity contribution < 1.29 is 0 Å². The molecule has 0 saturated carbocycles. The Morgan fingerprint density at radius 2 is 0.932 bits per heavy atom. The number of benzene rings is 9. The average Bonchev–Trinajstić information content (AvgIpc) is 3.30.